The van der Waals surface area contributed by atoms with Gasteiger partial charge >= 0.3 is 0 Å². The van der Waals surface area contributed by atoms with Crippen molar-refractivity contribution >= 4 is 45.0 Å². The van der Waals surface area contributed by atoms with E-state index in [1.807, 2.05) is 43.3 Å². The molecule has 0 saturated heterocycles. The van der Waals surface area contributed by atoms with Gasteiger partial charge in [0.15, 0.2) is 0 Å². The molecule has 0 aromatic heterocycles. The Kier molecular flexibility index (Phi) is 5.70. The van der Waals surface area contributed by atoms with Crippen LogP contribution in [-0.2, 0) is 4.79 Å². The molecule has 0 atom stereocenters. The van der Waals surface area contributed by atoms with Crippen LogP contribution in [0, 0.1) is 6.92 Å². The smallest absolute Gasteiger partial charge is 0.225 e. The first-order valence-electron chi connectivity index (χ1n) is 6.59. The van der Waals surface area contributed by atoms with Gasteiger partial charge in [-0.15, -0.1) is 11.8 Å². The normalized spacial score (nSPS) is 10.4. The fourth-order valence-corrected chi connectivity index (χ4v) is 3.32. The number of nitrogens with two attached hydrogens (primary N) is 1. The third-order valence-corrected chi connectivity index (χ3v) is 4.41. The number of hydrogen-bond acceptors (Lipinski definition) is 3. The highest BCUT2D eigenvalue weighted by atomic mass is 79.9. The molecule has 0 aliphatic carbocycles. The van der Waals surface area contributed by atoms with Gasteiger partial charge in [0.25, 0.3) is 0 Å². The summed E-state index contributed by atoms with van der Waals surface area (Å²) in [5.74, 6) is 0.765. The van der Waals surface area contributed by atoms with Gasteiger partial charge in [-0.3, -0.25) is 4.79 Å². The lowest BCUT2D eigenvalue weighted by Crippen LogP contribution is -2.13. The molecule has 0 aliphatic rings. The maximum absolute atomic E-state index is 11.9. The van der Waals surface area contributed by atoms with Crippen LogP contribution in [0.15, 0.2) is 51.8 Å². The van der Waals surface area contributed by atoms with E-state index >= 15 is 0 Å². The van der Waals surface area contributed by atoms with Gasteiger partial charge in [0.05, 0.1) is 0 Å². The summed E-state index contributed by atoms with van der Waals surface area (Å²) in [6.45, 7) is 1.93. The van der Waals surface area contributed by atoms with Crippen LogP contribution in [0.4, 0.5) is 11.4 Å². The minimum Gasteiger partial charge on any atom is -0.399 e. The summed E-state index contributed by atoms with van der Waals surface area (Å²) < 4.78 is 1.05. The minimum atomic E-state index is 0.0189. The molecule has 0 heterocycles. The summed E-state index contributed by atoms with van der Waals surface area (Å²) in [7, 11) is 0. The number of benzene rings is 2. The number of carbonyl (C=O) groups excluding carboxylic acids is 1. The molecule has 0 unspecified atom stereocenters. The summed E-state index contributed by atoms with van der Waals surface area (Å²) >= 11 is 5.11. The molecule has 110 valence electrons. The molecule has 21 heavy (non-hydrogen) atoms. The van der Waals surface area contributed by atoms with Gasteiger partial charge in [0.1, 0.15) is 0 Å². The van der Waals surface area contributed by atoms with Gasteiger partial charge < -0.3 is 11.1 Å². The number of anilines is 2. The van der Waals surface area contributed by atoms with E-state index in [0.29, 0.717) is 12.1 Å². The lowest BCUT2D eigenvalue weighted by atomic mass is 10.2. The maximum Gasteiger partial charge on any atom is 0.225 e. The molecule has 2 rings (SSSR count). The standard InChI is InChI=1S/C16H17BrN2OS/c1-11-9-13(18)5-6-15(11)19-16(20)7-8-21-14-4-2-3-12(17)10-14/h2-6,9-10H,7-8,18H2,1H3,(H,19,20). The number of nitrogen functional groups attached to an aromatic ring is 1. The van der Waals surface area contributed by atoms with Crippen molar-refractivity contribution in [3.63, 3.8) is 0 Å². The van der Waals surface area contributed by atoms with Crippen molar-refractivity contribution in [3.05, 3.63) is 52.5 Å². The number of amides is 1. The molecular formula is C16H17BrN2OS. The van der Waals surface area contributed by atoms with E-state index in [2.05, 4.69) is 21.2 Å². The highest BCUT2D eigenvalue weighted by Crippen LogP contribution is 2.23. The summed E-state index contributed by atoms with van der Waals surface area (Å²) in [6.07, 6.45) is 0.473. The fourth-order valence-electron chi connectivity index (χ4n) is 1.86. The monoisotopic (exact) mass is 364 g/mol. The highest BCUT2D eigenvalue weighted by Gasteiger charge is 2.05. The SMILES string of the molecule is Cc1cc(N)ccc1NC(=O)CCSc1cccc(Br)c1. The molecular weight excluding hydrogens is 348 g/mol. The number of thioether (sulfide) groups is 1. The summed E-state index contributed by atoms with van der Waals surface area (Å²) in [5.41, 5.74) is 8.20. The van der Waals surface area contributed by atoms with E-state index in [9.17, 15) is 4.79 Å². The molecule has 3 N–H and O–H groups in total. The lowest BCUT2D eigenvalue weighted by Gasteiger charge is -2.09. The second-order valence-corrected chi connectivity index (χ2v) is 6.76. The van der Waals surface area contributed by atoms with Crippen LogP contribution in [0.5, 0.6) is 0 Å². The Morgan fingerprint density at radius 2 is 2.10 bits per heavy atom. The van der Waals surface area contributed by atoms with Crippen molar-refractivity contribution in [2.24, 2.45) is 0 Å². The first-order chi connectivity index (χ1) is 10.0. The quantitative estimate of drug-likeness (QED) is 0.608. The van der Waals surface area contributed by atoms with Crippen LogP contribution < -0.4 is 11.1 Å². The van der Waals surface area contributed by atoms with Gasteiger partial charge in [-0.05, 0) is 48.9 Å². The van der Waals surface area contributed by atoms with Crippen molar-refractivity contribution in [1.82, 2.24) is 0 Å². The van der Waals surface area contributed by atoms with Crippen molar-refractivity contribution < 1.29 is 4.79 Å². The van der Waals surface area contributed by atoms with Gasteiger partial charge in [-0.25, -0.2) is 0 Å². The van der Waals surface area contributed by atoms with E-state index in [-0.39, 0.29) is 5.91 Å². The molecule has 0 bridgehead atoms. The number of hydrogen-bond donors (Lipinski definition) is 2. The molecule has 0 radical (unpaired) electrons. The molecule has 1 amide bonds. The predicted molar refractivity (Wildman–Crippen MR) is 93.7 cm³/mol. The minimum absolute atomic E-state index is 0.0189. The number of carbonyl (C=O) groups is 1. The average Bonchev–Trinajstić information content (AvgIpc) is 2.42. The van der Waals surface area contributed by atoms with Crippen LogP contribution in [0.1, 0.15) is 12.0 Å². The second-order valence-electron chi connectivity index (χ2n) is 4.68. The Morgan fingerprint density at radius 3 is 2.81 bits per heavy atom. The fraction of sp³-hybridized carbons (Fsp3) is 0.188. The van der Waals surface area contributed by atoms with Gasteiger partial charge in [-0.2, -0.15) is 0 Å². The number of rotatable bonds is 5. The van der Waals surface area contributed by atoms with Gasteiger partial charge in [0, 0.05) is 32.9 Å². The van der Waals surface area contributed by atoms with Crippen molar-refractivity contribution in [3.8, 4) is 0 Å². The Morgan fingerprint density at radius 1 is 1.29 bits per heavy atom. The largest absolute Gasteiger partial charge is 0.399 e. The molecule has 5 heteroatoms. The lowest BCUT2D eigenvalue weighted by molar-refractivity contribution is -0.115. The first kappa shape index (κ1) is 15.9. The van der Waals surface area contributed by atoms with Crippen LogP contribution in [0.3, 0.4) is 0 Å². The Labute approximate surface area is 137 Å². The maximum atomic E-state index is 11.9. The molecule has 2 aromatic carbocycles. The van der Waals surface area contributed by atoms with Crippen molar-refractivity contribution in [2.75, 3.05) is 16.8 Å². The van der Waals surface area contributed by atoms with Gasteiger partial charge in [0.2, 0.25) is 5.91 Å². The van der Waals surface area contributed by atoms with Crippen LogP contribution in [0.2, 0.25) is 0 Å². The third kappa shape index (κ3) is 5.10. The van der Waals surface area contributed by atoms with E-state index in [0.717, 1.165) is 26.4 Å². The van der Waals surface area contributed by atoms with Crippen molar-refractivity contribution in [1.29, 1.82) is 0 Å². The average molecular weight is 365 g/mol. The number of nitrogens with one attached hydrogen (secondary N) is 1. The molecule has 0 saturated carbocycles. The third-order valence-electron chi connectivity index (χ3n) is 2.92. The second kappa shape index (κ2) is 7.52. The molecule has 3 nitrogen and oxygen atoms in total. The van der Waals surface area contributed by atoms with E-state index < -0.39 is 0 Å². The predicted octanol–water partition coefficient (Wildman–Crippen LogP) is 4.46. The highest BCUT2D eigenvalue weighted by molar-refractivity contribution is 9.10. The molecule has 2 aromatic rings. The molecule has 0 fully saturated rings. The number of aryl methyl sites for hydroxylation is 1. The van der Waals surface area contributed by atoms with E-state index in [1.165, 1.54) is 0 Å². The van der Waals surface area contributed by atoms with Crippen LogP contribution in [-0.4, -0.2) is 11.7 Å². The Balaban J connectivity index is 1.82. The topological polar surface area (TPSA) is 55.1 Å². The Bertz CT molecular complexity index is 646. The zero-order valence-electron chi connectivity index (χ0n) is 11.7. The summed E-state index contributed by atoms with van der Waals surface area (Å²) in [4.78, 5) is 13.1. The summed E-state index contributed by atoms with van der Waals surface area (Å²) in [6, 6.07) is 13.5. The summed E-state index contributed by atoms with van der Waals surface area (Å²) in [5, 5.41) is 2.92. The van der Waals surface area contributed by atoms with Crippen LogP contribution in [0.25, 0.3) is 0 Å². The van der Waals surface area contributed by atoms with E-state index in [4.69, 9.17) is 5.73 Å². The molecule has 0 aliphatic heterocycles. The zero-order chi connectivity index (χ0) is 15.2. The molecule has 0 spiro atoms. The first-order valence-corrected chi connectivity index (χ1v) is 8.37. The Hall–Kier alpha value is -1.46. The van der Waals surface area contributed by atoms with Crippen LogP contribution >= 0.6 is 27.7 Å². The van der Waals surface area contributed by atoms with Gasteiger partial charge in [-0.1, -0.05) is 22.0 Å². The van der Waals surface area contributed by atoms with Crippen molar-refractivity contribution in [2.45, 2.75) is 18.2 Å². The number of halogens is 1. The van der Waals surface area contributed by atoms with E-state index in [1.54, 1.807) is 17.8 Å². The zero-order valence-corrected chi connectivity index (χ0v) is 14.1.